The van der Waals surface area contributed by atoms with Crippen LogP contribution in [0.2, 0.25) is 0 Å². The minimum atomic E-state index is -0.721. The maximum absolute atomic E-state index is 13.0. The molecule has 0 spiro atoms. The number of nitrogens with zero attached hydrogens (tertiary/aromatic N) is 1. The van der Waals surface area contributed by atoms with E-state index in [1.807, 2.05) is 49.4 Å². The molecule has 2 aromatic rings. The van der Waals surface area contributed by atoms with Crippen LogP contribution in [0.15, 0.2) is 72.0 Å². The van der Waals surface area contributed by atoms with Gasteiger partial charge in [-0.3, -0.25) is 9.59 Å². The number of ketones is 1. The number of methoxy groups -OCH3 is 1. The van der Waals surface area contributed by atoms with Crippen molar-refractivity contribution in [3.63, 3.8) is 0 Å². The first-order chi connectivity index (χ1) is 14.6. The maximum Gasteiger partial charge on any atom is 0.290 e. The third-order valence-corrected chi connectivity index (χ3v) is 4.82. The first kappa shape index (κ1) is 21.3. The number of rotatable bonds is 9. The Bertz CT molecular complexity index is 965. The van der Waals surface area contributed by atoms with Crippen molar-refractivity contribution in [3.05, 3.63) is 83.1 Å². The van der Waals surface area contributed by atoms with Crippen molar-refractivity contribution in [2.24, 2.45) is 0 Å². The average molecular weight is 407 g/mol. The topological polar surface area (TPSA) is 76.1 Å². The van der Waals surface area contributed by atoms with Crippen LogP contribution in [0, 0.1) is 0 Å². The molecule has 1 amide bonds. The molecule has 3 rings (SSSR count). The summed E-state index contributed by atoms with van der Waals surface area (Å²) in [5.41, 5.74) is 1.59. The number of benzene rings is 2. The van der Waals surface area contributed by atoms with Gasteiger partial charge in [-0.25, -0.2) is 0 Å². The number of aliphatic hydroxyl groups excluding tert-OH is 1. The van der Waals surface area contributed by atoms with Crippen LogP contribution in [0.5, 0.6) is 5.75 Å². The first-order valence-electron chi connectivity index (χ1n) is 9.80. The van der Waals surface area contributed by atoms with E-state index in [4.69, 9.17) is 9.47 Å². The van der Waals surface area contributed by atoms with E-state index in [2.05, 4.69) is 0 Å². The van der Waals surface area contributed by atoms with Gasteiger partial charge in [-0.05, 0) is 36.3 Å². The summed E-state index contributed by atoms with van der Waals surface area (Å²) in [6, 6.07) is 15.8. The van der Waals surface area contributed by atoms with E-state index in [1.54, 1.807) is 18.2 Å². The molecule has 1 unspecified atom stereocenters. The Morgan fingerprint density at radius 2 is 1.93 bits per heavy atom. The number of allylic oxidation sites excluding steroid dienone is 1. The van der Waals surface area contributed by atoms with E-state index in [1.165, 1.54) is 18.1 Å². The Labute approximate surface area is 176 Å². The largest absolute Gasteiger partial charge is 0.503 e. The highest BCUT2D eigenvalue weighted by atomic mass is 16.5. The molecular weight excluding hydrogens is 382 g/mol. The molecule has 6 heteroatoms. The van der Waals surface area contributed by atoms with Crippen molar-refractivity contribution in [2.45, 2.75) is 13.0 Å². The van der Waals surface area contributed by atoms with Gasteiger partial charge in [-0.15, -0.1) is 0 Å². The van der Waals surface area contributed by atoms with E-state index < -0.39 is 23.5 Å². The Balaban J connectivity index is 1.99. The third-order valence-electron chi connectivity index (χ3n) is 4.82. The van der Waals surface area contributed by atoms with Crippen molar-refractivity contribution in [2.75, 3.05) is 26.9 Å². The van der Waals surface area contributed by atoms with Gasteiger partial charge in [-0.1, -0.05) is 48.5 Å². The molecule has 6 nitrogen and oxygen atoms in total. The zero-order valence-corrected chi connectivity index (χ0v) is 17.1. The van der Waals surface area contributed by atoms with E-state index in [9.17, 15) is 14.7 Å². The fourth-order valence-electron chi connectivity index (χ4n) is 3.44. The van der Waals surface area contributed by atoms with E-state index >= 15 is 0 Å². The quantitative estimate of drug-likeness (QED) is 0.642. The molecule has 1 heterocycles. The second-order valence-electron chi connectivity index (χ2n) is 6.77. The van der Waals surface area contributed by atoms with Gasteiger partial charge in [-0.2, -0.15) is 0 Å². The van der Waals surface area contributed by atoms with Crippen LogP contribution in [0.1, 0.15) is 24.1 Å². The molecule has 2 aromatic carbocycles. The van der Waals surface area contributed by atoms with Gasteiger partial charge in [0.15, 0.2) is 11.5 Å². The van der Waals surface area contributed by atoms with Gasteiger partial charge >= 0.3 is 0 Å². The van der Waals surface area contributed by atoms with Gasteiger partial charge in [0.1, 0.15) is 5.75 Å². The summed E-state index contributed by atoms with van der Waals surface area (Å²) < 4.78 is 10.7. The molecule has 0 saturated carbocycles. The van der Waals surface area contributed by atoms with E-state index in [0.717, 1.165) is 5.56 Å². The van der Waals surface area contributed by atoms with Gasteiger partial charge in [0.05, 0.1) is 24.8 Å². The average Bonchev–Trinajstić information content (AvgIpc) is 3.02. The number of aliphatic hydroxyl groups is 1. The summed E-state index contributed by atoms with van der Waals surface area (Å²) in [4.78, 5) is 27.2. The van der Waals surface area contributed by atoms with Crippen LogP contribution in [0.4, 0.5) is 0 Å². The highest BCUT2D eigenvalue weighted by Gasteiger charge is 2.42. The van der Waals surface area contributed by atoms with Crippen LogP contribution >= 0.6 is 0 Å². The number of hydrogen-bond donors (Lipinski definition) is 1. The first-order valence-corrected chi connectivity index (χ1v) is 9.80. The SMILES string of the molecule is CCOc1cccc(C2C(C(=O)/C=C/c3ccccc3)=C(O)C(=O)N2CCOC)c1. The van der Waals surface area contributed by atoms with Crippen molar-refractivity contribution < 1.29 is 24.2 Å². The summed E-state index contributed by atoms with van der Waals surface area (Å²) in [6.45, 7) is 2.89. The van der Waals surface area contributed by atoms with Gasteiger partial charge in [0.2, 0.25) is 0 Å². The van der Waals surface area contributed by atoms with Crippen LogP contribution in [-0.2, 0) is 14.3 Å². The normalized spacial score (nSPS) is 16.5. The van der Waals surface area contributed by atoms with Crippen molar-refractivity contribution in [3.8, 4) is 5.75 Å². The molecule has 0 bridgehead atoms. The maximum atomic E-state index is 13.0. The number of ether oxygens (including phenoxy) is 2. The Hall–Kier alpha value is -3.38. The molecule has 0 saturated heterocycles. The van der Waals surface area contributed by atoms with E-state index in [0.29, 0.717) is 17.9 Å². The Morgan fingerprint density at radius 3 is 2.63 bits per heavy atom. The van der Waals surface area contributed by atoms with Crippen molar-refractivity contribution in [1.82, 2.24) is 4.90 Å². The molecule has 156 valence electrons. The van der Waals surface area contributed by atoms with Crippen LogP contribution in [-0.4, -0.2) is 48.6 Å². The third kappa shape index (κ3) is 4.60. The molecule has 1 aliphatic rings. The fraction of sp³-hybridized carbons (Fsp3) is 0.250. The predicted octanol–water partition coefficient (Wildman–Crippen LogP) is 3.71. The van der Waals surface area contributed by atoms with Crippen LogP contribution in [0.3, 0.4) is 0 Å². The van der Waals surface area contributed by atoms with Crippen LogP contribution < -0.4 is 4.74 Å². The van der Waals surface area contributed by atoms with Gasteiger partial charge in [0.25, 0.3) is 5.91 Å². The lowest BCUT2D eigenvalue weighted by molar-refractivity contribution is -0.130. The highest BCUT2D eigenvalue weighted by Crippen LogP contribution is 2.38. The number of carbonyl (C=O) groups excluding carboxylic acids is 2. The minimum Gasteiger partial charge on any atom is -0.503 e. The molecule has 0 aliphatic carbocycles. The number of hydrogen-bond acceptors (Lipinski definition) is 5. The minimum absolute atomic E-state index is 0.0527. The zero-order valence-electron chi connectivity index (χ0n) is 17.1. The molecule has 0 fully saturated rings. The monoisotopic (exact) mass is 407 g/mol. The summed E-state index contributed by atoms with van der Waals surface area (Å²) in [5.74, 6) is -0.903. The molecule has 0 aromatic heterocycles. The fourth-order valence-corrected chi connectivity index (χ4v) is 3.44. The van der Waals surface area contributed by atoms with Crippen molar-refractivity contribution in [1.29, 1.82) is 0 Å². The molecule has 1 N–H and O–H groups in total. The lowest BCUT2D eigenvalue weighted by Crippen LogP contribution is -2.33. The van der Waals surface area contributed by atoms with Crippen LogP contribution in [0.25, 0.3) is 6.08 Å². The molecule has 30 heavy (non-hydrogen) atoms. The van der Waals surface area contributed by atoms with Gasteiger partial charge < -0.3 is 19.5 Å². The predicted molar refractivity (Wildman–Crippen MR) is 114 cm³/mol. The molecule has 0 radical (unpaired) electrons. The zero-order chi connectivity index (χ0) is 21.5. The lowest BCUT2D eigenvalue weighted by Gasteiger charge is -2.26. The summed E-state index contributed by atoms with van der Waals surface area (Å²) in [6.07, 6.45) is 3.05. The lowest BCUT2D eigenvalue weighted by atomic mass is 9.95. The molecule has 1 atom stereocenters. The summed E-state index contributed by atoms with van der Waals surface area (Å²) in [7, 11) is 1.53. The standard InChI is InChI=1S/C24H25NO5/c1-3-30-19-11-7-10-18(16-19)22-21(23(27)24(28)25(22)14-15-29-2)20(26)13-12-17-8-5-4-6-9-17/h4-13,16,22,27H,3,14-15H2,1-2H3/b13-12+. The molecular formula is C24H25NO5. The van der Waals surface area contributed by atoms with E-state index in [-0.39, 0.29) is 18.7 Å². The molecule has 1 aliphatic heterocycles. The summed E-state index contributed by atoms with van der Waals surface area (Å²) >= 11 is 0. The highest BCUT2D eigenvalue weighted by molar-refractivity contribution is 6.14. The number of carbonyl (C=O) groups is 2. The summed E-state index contributed by atoms with van der Waals surface area (Å²) in [5, 5.41) is 10.6. The second kappa shape index (κ2) is 9.89. The second-order valence-corrected chi connectivity index (χ2v) is 6.77. The Kier molecular flexibility index (Phi) is 7.03. The number of amides is 1. The van der Waals surface area contributed by atoms with Crippen molar-refractivity contribution >= 4 is 17.8 Å². The van der Waals surface area contributed by atoms with Gasteiger partial charge in [0, 0.05) is 13.7 Å². The smallest absolute Gasteiger partial charge is 0.290 e. The Morgan fingerprint density at radius 1 is 1.17 bits per heavy atom.